The van der Waals surface area contributed by atoms with Crippen LogP contribution in [-0.2, 0) is 6.54 Å². The topological polar surface area (TPSA) is 55.9 Å². The van der Waals surface area contributed by atoms with Gasteiger partial charge in [0.25, 0.3) is 0 Å². The molecule has 0 aliphatic heterocycles. The van der Waals surface area contributed by atoms with Crippen LogP contribution < -0.4 is 16.0 Å². The number of rotatable bonds is 4. The van der Waals surface area contributed by atoms with Crippen molar-refractivity contribution >= 4 is 33.1 Å². The Morgan fingerprint density at radius 1 is 0.815 bits per heavy atom. The Morgan fingerprint density at radius 3 is 2.26 bits per heavy atom. The van der Waals surface area contributed by atoms with Crippen molar-refractivity contribution in [1.82, 2.24) is 0 Å². The van der Waals surface area contributed by atoms with E-state index in [9.17, 15) is 0 Å². The number of hydrogen-bond donors (Lipinski definition) is 2. The third kappa shape index (κ3) is 3.07. The van der Waals surface area contributed by atoms with E-state index in [2.05, 4.69) is 53.0 Å². The number of aryl methyl sites for hydroxylation is 1. The minimum atomic E-state index is 0.736. The fourth-order valence-electron chi connectivity index (χ4n) is 3.74. The van der Waals surface area contributed by atoms with Crippen molar-refractivity contribution in [1.29, 1.82) is 0 Å². The predicted molar refractivity (Wildman–Crippen MR) is 114 cm³/mol. The number of unbranched alkanes of at least 4 members (excludes halogenated alkanes) is 1. The van der Waals surface area contributed by atoms with Gasteiger partial charge in [-0.2, -0.15) is 4.57 Å². The third-order valence-electron chi connectivity index (χ3n) is 4.92. The lowest BCUT2D eigenvalue weighted by atomic mass is 9.98. The smallest absolute Gasteiger partial charge is 0.220 e. The number of benzene rings is 3. The number of nitrogens with two attached hydrogens (primary N) is 2. The maximum Gasteiger partial charge on any atom is 0.220 e. The standard InChI is InChI=1S/C24H21N3/c1-2-3-7-14-27-23-16-19(26)11-13-21(23)20-12-10-18(25)15-22(20)24(27)17-8-5-4-6-9-17/h1,4-6,8-13,15-16,26H,3,7,14,25H2/p+1. The van der Waals surface area contributed by atoms with Crippen LogP contribution in [0.4, 0.5) is 11.4 Å². The van der Waals surface area contributed by atoms with Gasteiger partial charge in [-0.15, -0.1) is 12.3 Å². The molecule has 0 radical (unpaired) electrons. The Balaban J connectivity index is 2.15. The third-order valence-corrected chi connectivity index (χ3v) is 4.92. The van der Waals surface area contributed by atoms with Crippen molar-refractivity contribution in [2.24, 2.45) is 0 Å². The minimum absolute atomic E-state index is 0.736. The van der Waals surface area contributed by atoms with Gasteiger partial charge in [-0.05, 0) is 36.4 Å². The quantitative estimate of drug-likeness (QED) is 0.186. The average molecular weight is 352 g/mol. The lowest BCUT2D eigenvalue weighted by Gasteiger charge is -2.13. The van der Waals surface area contributed by atoms with E-state index in [1.165, 1.54) is 10.8 Å². The van der Waals surface area contributed by atoms with Crippen LogP contribution in [0.3, 0.4) is 0 Å². The number of fused-ring (bicyclic) bond motifs is 3. The second kappa shape index (κ2) is 7.01. The second-order valence-electron chi connectivity index (χ2n) is 6.76. The average Bonchev–Trinajstić information content (AvgIpc) is 2.68. The summed E-state index contributed by atoms with van der Waals surface area (Å²) >= 11 is 0. The molecule has 27 heavy (non-hydrogen) atoms. The van der Waals surface area contributed by atoms with Crippen LogP contribution in [-0.4, -0.2) is 0 Å². The summed E-state index contributed by atoms with van der Waals surface area (Å²) in [5.41, 5.74) is 17.2. The van der Waals surface area contributed by atoms with Crippen LogP contribution >= 0.6 is 0 Å². The Bertz CT molecular complexity index is 1170. The highest BCUT2D eigenvalue weighted by Crippen LogP contribution is 2.33. The summed E-state index contributed by atoms with van der Waals surface area (Å²) in [6, 6.07) is 22.6. The molecular weight excluding hydrogens is 330 g/mol. The summed E-state index contributed by atoms with van der Waals surface area (Å²) in [7, 11) is 0. The molecule has 0 bridgehead atoms. The van der Waals surface area contributed by atoms with Crippen LogP contribution in [0.15, 0.2) is 66.7 Å². The van der Waals surface area contributed by atoms with E-state index in [0.29, 0.717) is 0 Å². The SMILES string of the molecule is C#CCCC[n+]1c(-c2ccccc2)c2cc(N)ccc2c2ccc(N)cc21. The molecule has 0 aliphatic carbocycles. The molecule has 3 aromatic carbocycles. The molecule has 0 saturated heterocycles. The number of nitrogens with zero attached hydrogens (tertiary/aromatic N) is 1. The second-order valence-corrected chi connectivity index (χ2v) is 6.76. The number of nitrogen functional groups attached to an aromatic ring is 2. The van der Waals surface area contributed by atoms with Crippen LogP contribution in [0, 0.1) is 12.3 Å². The number of anilines is 2. The molecule has 0 unspecified atom stereocenters. The zero-order valence-corrected chi connectivity index (χ0v) is 15.2. The molecule has 132 valence electrons. The normalized spacial score (nSPS) is 10.9. The van der Waals surface area contributed by atoms with E-state index in [0.717, 1.165) is 52.9 Å². The molecule has 0 atom stereocenters. The molecule has 0 spiro atoms. The zero-order valence-electron chi connectivity index (χ0n) is 15.2. The first-order valence-corrected chi connectivity index (χ1v) is 9.12. The van der Waals surface area contributed by atoms with Gasteiger partial charge in [0.2, 0.25) is 11.2 Å². The molecular formula is C24H22N3+. The van der Waals surface area contributed by atoms with Crippen molar-refractivity contribution in [2.45, 2.75) is 19.4 Å². The van der Waals surface area contributed by atoms with E-state index in [1.807, 2.05) is 24.3 Å². The van der Waals surface area contributed by atoms with E-state index >= 15 is 0 Å². The van der Waals surface area contributed by atoms with Gasteiger partial charge in [0.05, 0.1) is 10.8 Å². The molecule has 3 nitrogen and oxygen atoms in total. The first-order chi connectivity index (χ1) is 13.2. The Morgan fingerprint density at radius 2 is 1.52 bits per heavy atom. The Labute approximate surface area is 159 Å². The van der Waals surface area contributed by atoms with Gasteiger partial charge < -0.3 is 11.5 Å². The van der Waals surface area contributed by atoms with Crippen molar-refractivity contribution in [3.05, 3.63) is 66.7 Å². The van der Waals surface area contributed by atoms with Gasteiger partial charge in [0, 0.05) is 41.2 Å². The van der Waals surface area contributed by atoms with Gasteiger partial charge in [0.15, 0.2) is 6.54 Å². The molecule has 0 saturated carbocycles. The molecule has 3 heteroatoms. The minimum Gasteiger partial charge on any atom is -0.399 e. The van der Waals surface area contributed by atoms with E-state index in [1.54, 1.807) is 0 Å². The van der Waals surface area contributed by atoms with Gasteiger partial charge >= 0.3 is 0 Å². The Kier molecular flexibility index (Phi) is 4.40. The molecule has 0 aliphatic rings. The molecule has 0 fully saturated rings. The first kappa shape index (κ1) is 16.9. The first-order valence-electron chi connectivity index (χ1n) is 9.12. The summed E-state index contributed by atoms with van der Waals surface area (Å²) in [5.74, 6) is 2.74. The van der Waals surface area contributed by atoms with Gasteiger partial charge in [-0.25, -0.2) is 0 Å². The summed E-state index contributed by atoms with van der Waals surface area (Å²) in [6.07, 6.45) is 7.13. The molecule has 1 aromatic heterocycles. The number of terminal acetylenes is 1. The highest BCUT2D eigenvalue weighted by Gasteiger charge is 2.23. The molecule has 4 rings (SSSR count). The zero-order chi connectivity index (χ0) is 18.8. The van der Waals surface area contributed by atoms with Crippen LogP contribution in [0.25, 0.3) is 32.9 Å². The van der Waals surface area contributed by atoms with Crippen molar-refractivity contribution in [3.8, 4) is 23.6 Å². The number of hydrogen-bond acceptors (Lipinski definition) is 2. The molecule has 0 amide bonds. The van der Waals surface area contributed by atoms with Crippen LogP contribution in [0.5, 0.6) is 0 Å². The van der Waals surface area contributed by atoms with Gasteiger partial charge in [-0.1, -0.05) is 24.3 Å². The molecule has 1 heterocycles. The monoisotopic (exact) mass is 352 g/mol. The highest BCUT2D eigenvalue weighted by molar-refractivity contribution is 6.10. The highest BCUT2D eigenvalue weighted by atomic mass is 15.0. The van der Waals surface area contributed by atoms with E-state index < -0.39 is 0 Å². The van der Waals surface area contributed by atoms with Crippen molar-refractivity contribution in [2.75, 3.05) is 11.5 Å². The number of aromatic nitrogens is 1. The fraction of sp³-hybridized carbons (Fsp3) is 0.125. The summed E-state index contributed by atoms with van der Waals surface area (Å²) in [5, 5.41) is 3.48. The van der Waals surface area contributed by atoms with Gasteiger partial charge in [-0.3, -0.25) is 0 Å². The van der Waals surface area contributed by atoms with Crippen LogP contribution in [0.2, 0.25) is 0 Å². The molecule has 4 N–H and O–H groups in total. The Hall–Kier alpha value is -3.51. The lowest BCUT2D eigenvalue weighted by Crippen LogP contribution is -2.37. The predicted octanol–water partition coefficient (Wildman–Crippen LogP) is 4.53. The van der Waals surface area contributed by atoms with Crippen molar-refractivity contribution < 1.29 is 4.57 Å². The largest absolute Gasteiger partial charge is 0.399 e. The summed E-state index contributed by atoms with van der Waals surface area (Å²) in [6.45, 7) is 0.819. The lowest BCUT2D eigenvalue weighted by molar-refractivity contribution is -0.659. The molecule has 4 aromatic rings. The fourth-order valence-corrected chi connectivity index (χ4v) is 3.74. The summed E-state index contributed by atoms with van der Waals surface area (Å²) < 4.78 is 2.33. The number of pyridine rings is 1. The van der Waals surface area contributed by atoms with Gasteiger partial charge in [0.1, 0.15) is 0 Å². The maximum atomic E-state index is 6.15. The van der Waals surface area contributed by atoms with Crippen LogP contribution in [0.1, 0.15) is 12.8 Å². The maximum absolute atomic E-state index is 6.15. The van der Waals surface area contributed by atoms with Crippen molar-refractivity contribution in [3.63, 3.8) is 0 Å². The summed E-state index contributed by atoms with van der Waals surface area (Å²) in [4.78, 5) is 0. The van der Waals surface area contributed by atoms with E-state index in [-0.39, 0.29) is 0 Å². The van der Waals surface area contributed by atoms with E-state index in [4.69, 9.17) is 17.9 Å².